The third-order valence-electron chi connectivity index (χ3n) is 3.21. The molecule has 0 unspecified atom stereocenters. The maximum absolute atomic E-state index is 12.0. The van der Waals surface area contributed by atoms with Gasteiger partial charge in [0.1, 0.15) is 6.61 Å². The topological polar surface area (TPSA) is 70.3 Å². The fourth-order valence-electron chi connectivity index (χ4n) is 2.15. The van der Waals surface area contributed by atoms with E-state index in [1.807, 2.05) is 0 Å². The Balaban J connectivity index is 1.94. The molecule has 2 heterocycles. The van der Waals surface area contributed by atoms with Crippen molar-refractivity contribution in [1.29, 1.82) is 0 Å². The number of aliphatic imine (C=N–C) groups is 1. The first kappa shape index (κ1) is 16.7. The molecule has 7 heteroatoms. The van der Waals surface area contributed by atoms with Gasteiger partial charge in [0.15, 0.2) is 23.0 Å². The van der Waals surface area contributed by atoms with E-state index in [1.54, 1.807) is 24.3 Å². The maximum atomic E-state index is 12.0. The van der Waals surface area contributed by atoms with Gasteiger partial charge in [0.05, 0.1) is 18.4 Å². The maximum Gasteiger partial charge on any atom is 0.363 e. The number of rotatable bonds is 5. The van der Waals surface area contributed by atoms with E-state index in [-0.39, 0.29) is 18.2 Å². The van der Waals surface area contributed by atoms with Crippen LogP contribution in [0.4, 0.5) is 0 Å². The van der Waals surface area contributed by atoms with Crippen LogP contribution in [0.5, 0.6) is 11.5 Å². The van der Waals surface area contributed by atoms with E-state index in [4.69, 9.17) is 36.7 Å². The van der Waals surface area contributed by atoms with Crippen LogP contribution in [-0.4, -0.2) is 25.6 Å². The summed E-state index contributed by atoms with van der Waals surface area (Å²) in [6.07, 6.45) is 8.17. The minimum absolute atomic E-state index is 0.0552. The number of benzene rings is 1. The van der Waals surface area contributed by atoms with Crippen molar-refractivity contribution in [3.63, 3.8) is 0 Å². The molecule has 0 aliphatic carbocycles. The highest BCUT2D eigenvalue weighted by atomic mass is 35.5. The quantitative estimate of drug-likeness (QED) is 0.466. The van der Waals surface area contributed by atoms with Gasteiger partial charge in [-0.15, -0.1) is 6.42 Å². The predicted octanol–water partition coefficient (Wildman–Crippen LogP) is 3.30. The van der Waals surface area contributed by atoms with E-state index in [0.717, 1.165) is 0 Å². The van der Waals surface area contributed by atoms with Crippen LogP contribution in [0, 0.1) is 12.3 Å². The van der Waals surface area contributed by atoms with Crippen molar-refractivity contribution in [1.82, 2.24) is 0 Å². The third kappa shape index (κ3) is 3.52. The second kappa shape index (κ2) is 7.16. The Morgan fingerprint density at radius 2 is 2.28 bits per heavy atom. The van der Waals surface area contributed by atoms with Gasteiger partial charge in [-0.25, -0.2) is 9.79 Å². The number of halogens is 1. The van der Waals surface area contributed by atoms with Gasteiger partial charge >= 0.3 is 5.97 Å². The number of methoxy groups -OCH3 is 1. The molecule has 3 rings (SSSR count). The molecule has 0 radical (unpaired) electrons. The highest BCUT2D eigenvalue weighted by molar-refractivity contribution is 6.32. The minimum Gasteiger partial charge on any atom is -0.493 e. The molecular weight excluding hydrogens is 346 g/mol. The lowest BCUT2D eigenvalue weighted by atomic mass is 10.1. The molecule has 0 spiro atoms. The Bertz CT molecular complexity index is 906. The molecule has 6 nitrogen and oxygen atoms in total. The van der Waals surface area contributed by atoms with Crippen molar-refractivity contribution < 1.29 is 23.4 Å². The average Bonchev–Trinajstić information content (AvgIpc) is 3.24. The van der Waals surface area contributed by atoms with E-state index in [1.165, 1.54) is 19.4 Å². The Morgan fingerprint density at radius 1 is 1.44 bits per heavy atom. The molecule has 0 saturated heterocycles. The first-order valence-corrected chi connectivity index (χ1v) is 7.50. The zero-order valence-electron chi connectivity index (χ0n) is 13.1. The lowest BCUT2D eigenvalue weighted by molar-refractivity contribution is -0.130. The SMILES string of the molecule is C#CCOc1c(Cl)cc(C=C2N=C(c3ccco3)OC2=O)cc1OC. The molecule has 0 atom stereocenters. The van der Waals surface area contributed by atoms with Crippen LogP contribution in [0.2, 0.25) is 5.02 Å². The number of furan rings is 1. The summed E-state index contributed by atoms with van der Waals surface area (Å²) in [6, 6.07) is 6.58. The van der Waals surface area contributed by atoms with Crippen LogP contribution < -0.4 is 9.47 Å². The summed E-state index contributed by atoms with van der Waals surface area (Å²) in [7, 11) is 1.47. The summed E-state index contributed by atoms with van der Waals surface area (Å²) in [5, 5.41) is 0.294. The number of ether oxygens (including phenoxy) is 3. The lowest BCUT2D eigenvalue weighted by Gasteiger charge is -2.11. The molecule has 0 bridgehead atoms. The molecule has 1 aliphatic heterocycles. The summed E-state index contributed by atoms with van der Waals surface area (Å²) in [5.74, 6) is 2.96. The molecule has 0 amide bonds. The number of carbonyl (C=O) groups is 1. The first-order valence-electron chi connectivity index (χ1n) is 7.12. The monoisotopic (exact) mass is 357 g/mol. The van der Waals surface area contributed by atoms with Crippen molar-refractivity contribution >= 4 is 29.5 Å². The van der Waals surface area contributed by atoms with E-state index < -0.39 is 5.97 Å². The molecule has 25 heavy (non-hydrogen) atoms. The summed E-state index contributed by atoms with van der Waals surface area (Å²) >= 11 is 6.21. The number of hydrogen-bond acceptors (Lipinski definition) is 6. The molecular formula is C18H12ClNO5. The van der Waals surface area contributed by atoms with Crippen molar-refractivity contribution in [2.75, 3.05) is 13.7 Å². The van der Waals surface area contributed by atoms with Crippen molar-refractivity contribution in [3.8, 4) is 23.8 Å². The molecule has 1 aliphatic rings. The fourth-order valence-corrected chi connectivity index (χ4v) is 2.42. The summed E-state index contributed by atoms with van der Waals surface area (Å²) < 4.78 is 20.9. The van der Waals surface area contributed by atoms with Gasteiger partial charge in [-0.3, -0.25) is 0 Å². The molecule has 0 saturated carbocycles. The van der Waals surface area contributed by atoms with Gasteiger partial charge in [-0.05, 0) is 35.9 Å². The first-order chi connectivity index (χ1) is 12.1. The van der Waals surface area contributed by atoms with Gasteiger partial charge in [0.2, 0.25) is 0 Å². The number of hydrogen-bond donors (Lipinski definition) is 0. The number of terminal acetylenes is 1. The van der Waals surface area contributed by atoms with Gasteiger partial charge in [-0.2, -0.15) is 0 Å². The number of esters is 1. The highest BCUT2D eigenvalue weighted by Gasteiger charge is 2.26. The second-order valence-corrected chi connectivity index (χ2v) is 5.25. The zero-order chi connectivity index (χ0) is 17.8. The van der Waals surface area contributed by atoms with Crippen LogP contribution in [0.1, 0.15) is 11.3 Å². The van der Waals surface area contributed by atoms with Crippen molar-refractivity contribution in [3.05, 3.63) is 52.6 Å². The van der Waals surface area contributed by atoms with E-state index in [0.29, 0.717) is 27.8 Å². The lowest BCUT2D eigenvalue weighted by Crippen LogP contribution is -2.04. The molecule has 126 valence electrons. The molecule has 0 N–H and O–H groups in total. The van der Waals surface area contributed by atoms with E-state index in [9.17, 15) is 4.79 Å². The Labute approximate surface area is 148 Å². The smallest absolute Gasteiger partial charge is 0.363 e. The molecule has 1 aromatic carbocycles. The van der Waals surface area contributed by atoms with Gasteiger partial charge in [-0.1, -0.05) is 17.5 Å². The minimum atomic E-state index is -0.589. The van der Waals surface area contributed by atoms with Gasteiger partial charge in [0, 0.05) is 0 Å². The normalized spacial score (nSPS) is 14.8. The number of carbonyl (C=O) groups excluding carboxylic acids is 1. The van der Waals surface area contributed by atoms with E-state index >= 15 is 0 Å². The average molecular weight is 358 g/mol. The van der Waals surface area contributed by atoms with Gasteiger partial charge < -0.3 is 18.6 Å². The Morgan fingerprint density at radius 3 is 2.96 bits per heavy atom. The second-order valence-electron chi connectivity index (χ2n) is 4.84. The fraction of sp³-hybridized carbons (Fsp3) is 0.111. The third-order valence-corrected chi connectivity index (χ3v) is 3.49. The van der Waals surface area contributed by atoms with E-state index in [2.05, 4.69) is 10.9 Å². The summed E-state index contributed by atoms with van der Waals surface area (Å²) in [4.78, 5) is 16.1. The van der Waals surface area contributed by atoms with Gasteiger partial charge in [0.25, 0.3) is 5.90 Å². The van der Waals surface area contributed by atoms with Crippen LogP contribution in [0.3, 0.4) is 0 Å². The standard InChI is InChI=1S/C18H12ClNO5/c1-3-6-24-16-12(19)8-11(10-15(16)22-2)9-13-18(21)25-17(20-13)14-5-4-7-23-14/h1,4-5,7-10H,6H2,2H3. The number of cyclic esters (lactones) is 1. The largest absolute Gasteiger partial charge is 0.493 e. The van der Waals surface area contributed by atoms with Crippen molar-refractivity contribution in [2.24, 2.45) is 4.99 Å². The highest BCUT2D eigenvalue weighted by Crippen LogP contribution is 2.37. The summed E-state index contributed by atoms with van der Waals surface area (Å²) in [5.41, 5.74) is 0.702. The Hall–Kier alpha value is -3.17. The van der Waals surface area contributed by atoms with Crippen LogP contribution in [0.15, 0.2) is 45.6 Å². The predicted molar refractivity (Wildman–Crippen MR) is 91.6 cm³/mol. The van der Waals surface area contributed by atoms with Crippen LogP contribution >= 0.6 is 11.6 Å². The van der Waals surface area contributed by atoms with Crippen LogP contribution in [-0.2, 0) is 9.53 Å². The molecule has 1 aromatic heterocycles. The number of nitrogens with zero attached hydrogens (tertiary/aromatic N) is 1. The Kier molecular flexibility index (Phi) is 4.78. The summed E-state index contributed by atoms with van der Waals surface area (Å²) in [6.45, 7) is 0.0552. The molecule has 2 aromatic rings. The van der Waals surface area contributed by atoms with Crippen molar-refractivity contribution in [2.45, 2.75) is 0 Å². The van der Waals surface area contributed by atoms with Crippen LogP contribution in [0.25, 0.3) is 6.08 Å². The molecule has 0 fully saturated rings. The zero-order valence-corrected chi connectivity index (χ0v) is 13.9.